The lowest BCUT2D eigenvalue weighted by Gasteiger charge is -2.52. The number of thioether (sulfide) groups is 3. The van der Waals surface area contributed by atoms with E-state index in [1.165, 1.54) is 82.0 Å². The first-order valence-electron chi connectivity index (χ1n) is 37.8. The number of rotatable bonds is 13. The Bertz CT molecular complexity index is 5500. The van der Waals surface area contributed by atoms with E-state index < -0.39 is 66.3 Å². The van der Waals surface area contributed by atoms with E-state index in [9.17, 15) is 50.0 Å². The fraction of sp³-hybridized carbons (Fsp3) is 0.368. The van der Waals surface area contributed by atoms with Gasteiger partial charge in [0.2, 0.25) is 0 Å². The van der Waals surface area contributed by atoms with Crippen LogP contribution in [0.25, 0.3) is 22.3 Å². The SMILES string of the molecule is CC#Cc1cccc(-c2csc(C3(C)CC4(CC(C(C)=O)C4)OC(N)=N3)c2)c1.CC#Cc1cccc(-c2csc(C3(C)CC4(CC(C(C)=O)C4)SC(N)=N3)c2)c1.CC(=O)C1CC2(C1)CC(C)(c1cc(NC(=O)c3ccc(F)cn3)ccc1F)N=C(N)S2.CC1(c2cc(NC(=O)c3ccc(F)cn3)ccc2F)CC2(CS(=O)(=O)C2)SC(N)=N1. The van der Waals surface area contributed by atoms with Crippen LogP contribution in [-0.4, -0.2) is 100 Å². The molecular weight excluding hydrogens is 1610 g/mol. The van der Waals surface area contributed by atoms with E-state index in [4.69, 9.17) is 32.7 Å². The molecule has 5 aliphatic heterocycles. The lowest BCUT2D eigenvalue weighted by atomic mass is 9.64. The molecule has 4 fully saturated rings. The van der Waals surface area contributed by atoms with Crippen molar-refractivity contribution in [1.82, 2.24) is 9.97 Å². The summed E-state index contributed by atoms with van der Waals surface area (Å²) in [5, 5.41) is 10.8. The normalized spacial score (nSPS) is 23.8. The minimum absolute atomic E-state index is 0.00123. The number of carbonyl (C=O) groups is 5. The molecule has 20 nitrogen and oxygen atoms in total. The lowest BCUT2D eigenvalue weighted by Crippen LogP contribution is -2.58. The molecule has 9 heterocycles. The monoisotopic (exact) mass is 1700 g/mol. The van der Waals surface area contributed by atoms with Crippen LogP contribution >= 0.6 is 58.0 Å². The van der Waals surface area contributed by atoms with Crippen LogP contribution in [0.2, 0.25) is 0 Å². The van der Waals surface area contributed by atoms with Gasteiger partial charge >= 0.3 is 0 Å². The van der Waals surface area contributed by atoms with Crippen LogP contribution in [0.4, 0.5) is 28.9 Å². The number of amides is 2. The Balaban J connectivity index is 0.000000136. The third-order valence-corrected chi connectivity index (χ3v) is 30.8. The molecule has 3 saturated carbocycles. The summed E-state index contributed by atoms with van der Waals surface area (Å²) in [5.41, 5.74) is 29.1. The summed E-state index contributed by atoms with van der Waals surface area (Å²) in [6.45, 7) is 16.4. The fourth-order valence-electron chi connectivity index (χ4n) is 17.2. The number of carbonyl (C=O) groups excluding carboxylic acids is 5. The van der Waals surface area contributed by atoms with Crippen LogP contribution in [0.5, 0.6) is 0 Å². The predicted molar refractivity (Wildman–Crippen MR) is 460 cm³/mol. The Labute approximate surface area is 698 Å². The lowest BCUT2D eigenvalue weighted by molar-refractivity contribution is -0.140. The number of pyridine rings is 2. The number of benzene rings is 4. The average Bonchev–Trinajstić information content (AvgIpc) is 1.11. The van der Waals surface area contributed by atoms with Crippen LogP contribution in [0.15, 0.2) is 164 Å². The number of hydrogen-bond donors (Lipinski definition) is 6. The van der Waals surface area contributed by atoms with Crippen molar-refractivity contribution >= 4 is 130 Å². The van der Waals surface area contributed by atoms with E-state index in [1.54, 1.807) is 68.2 Å². The van der Waals surface area contributed by atoms with Gasteiger partial charge in [-0.25, -0.2) is 40.9 Å². The van der Waals surface area contributed by atoms with E-state index in [0.717, 1.165) is 90.2 Å². The van der Waals surface area contributed by atoms with Crippen LogP contribution in [0.1, 0.15) is 180 Å². The van der Waals surface area contributed by atoms with E-state index >= 15 is 0 Å². The van der Waals surface area contributed by atoms with Gasteiger partial charge in [-0.15, -0.1) is 34.5 Å². The first-order valence-corrected chi connectivity index (χ1v) is 43.9. The van der Waals surface area contributed by atoms with Gasteiger partial charge in [0.1, 0.15) is 63.1 Å². The van der Waals surface area contributed by atoms with Gasteiger partial charge < -0.3 is 38.3 Å². The van der Waals surface area contributed by atoms with Gasteiger partial charge in [-0.2, -0.15) is 0 Å². The molecule has 16 rings (SSSR count). The summed E-state index contributed by atoms with van der Waals surface area (Å²) in [6.07, 6.45) is 9.02. The van der Waals surface area contributed by atoms with Crippen molar-refractivity contribution < 1.29 is 54.7 Å². The Morgan fingerprint density at radius 3 is 1.27 bits per heavy atom. The summed E-state index contributed by atoms with van der Waals surface area (Å²) in [7, 11) is -3.13. The van der Waals surface area contributed by atoms with Crippen LogP contribution in [0.3, 0.4) is 0 Å². The molecule has 0 radical (unpaired) electrons. The number of anilines is 2. The van der Waals surface area contributed by atoms with Gasteiger partial charge in [-0.1, -0.05) is 71.4 Å². The molecule has 4 spiro atoms. The second-order valence-electron chi connectivity index (χ2n) is 32.3. The maximum absolute atomic E-state index is 14.9. The van der Waals surface area contributed by atoms with Crippen LogP contribution in [0, 0.1) is 64.7 Å². The van der Waals surface area contributed by atoms with Gasteiger partial charge in [0.25, 0.3) is 17.8 Å². The number of ether oxygens (including phenoxy) is 1. The smallest absolute Gasteiger partial charge is 0.283 e. The first kappa shape index (κ1) is 84.9. The van der Waals surface area contributed by atoms with E-state index in [1.807, 2.05) is 45.0 Å². The minimum Gasteiger partial charge on any atom is -0.459 e. The zero-order valence-electron chi connectivity index (χ0n) is 65.8. The molecule has 4 unspecified atom stereocenters. The highest BCUT2D eigenvalue weighted by atomic mass is 32.2. The standard InChI is InChI=1S/C23H24N2O2S.C23H24N2OS2.C22H22F2N4O2S.C19H18F2N4O3S2/c1-4-6-16-7-5-8-17(9-16)18-10-20(28-13-18)22(3)14-23(27-21(24)25-22)11-19(12-23)15(2)26;1-4-6-16-7-5-8-17(9-16)18-10-20(27-13-18)22(3)14-23(28-21(24)25-22)11-19(12-23)15(2)26;1-12(29)13-8-22(9-13)11-21(2,28-20(25)31-22)16-7-15(4-5-17(16)24)27-19(30)18-6-3-14(23)10-26-18;1-18(8-19(29-17(22)25-18)9-30(27,28)10-19)13-6-12(3-4-14(13)21)24-16(26)15-5-2-11(20)7-23-15/h2*5,7-10,13,19H,11-12,14H2,1-3H3,(H2,24,25);3-7,10,13H,8-9,11H2,1-2H3,(H2,25,28)(H,27,30);2-7H,8-10H2,1H3,(H2,22,25)(H,24,26). The molecule has 608 valence electrons. The second kappa shape index (κ2) is 33.1. The Morgan fingerprint density at radius 1 is 0.479 bits per heavy atom. The number of aromatic nitrogens is 2. The topological polar surface area (TPSA) is 332 Å². The molecule has 0 bridgehead atoms. The summed E-state index contributed by atoms with van der Waals surface area (Å²) in [4.78, 5) is 88.2. The first-order chi connectivity index (χ1) is 55.2. The Morgan fingerprint density at radius 2 is 0.872 bits per heavy atom. The molecule has 10 N–H and O–H groups in total. The number of aliphatic imine (C=N–C) groups is 4. The van der Waals surface area contributed by atoms with E-state index in [-0.39, 0.29) is 89.6 Å². The molecule has 1 saturated heterocycles. The zero-order valence-corrected chi connectivity index (χ0v) is 70.7. The summed E-state index contributed by atoms with van der Waals surface area (Å²) in [5.74, 6) is 9.77. The largest absolute Gasteiger partial charge is 0.459 e. The van der Waals surface area contributed by atoms with Crippen molar-refractivity contribution in [1.29, 1.82) is 0 Å². The van der Waals surface area contributed by atoms with Crippen molar-refractivity contribution in [3.8, 4) is 45.9 Å². The number of thiophene rings is 2. The highest BCUT2D eigenvalue weighted by molar-refractivity contribution is 8.17. The van der Waals surface area contributed by atoms with Gasteiger partial charge in [0.15, 0.2) is 25.3 Å². The summed E-state index contributed by atoms with van der Waals surface area (Å²) < 4.78 is 84.3. The van der Waals surface area contributed by atoms with Crippen molar-refractivity contribution in [3.63, 3.8) is 0 Å². The average molecular weight is 1700 g/mol. The van der Waals surface area contributed by atoms with Crippen LogP contribution in [-0.2, 0) is 51.1 Å². The van der Waals surface area contributed by atoms with Gasteiger partial charge in [-0.05, 0) is 250 Å². The Hall–Kier alpha value is -9.95. The Kier molecular flexibility index (Phi) is 24.0. The molecule has 30 heteroatoms. The number of nitrogens with two attached hydrogens (primary N) is 4. The number of nitrogens with zero attached hydrogens (tertiary/aromatic N) is 6. The summed E-state index contributed by atoms with van der Waals surface area (Å²) in [6, 6.07) is 34.3. The van der Waals surface area contributed by atoms with Crippen molar-refractivity contribution in [2.75, 3.05) is 22.1 Å². The molecule has 2 amide bonds. The van der Waals surface area contributed by atoms with Crippen LogP contribution < -0.4 is 33.6 Å². The number of amidine groups is 4. The molecule has 4 atom stereocenters. The number of ketones is 3. The predicted octanol–water partition coefficient (Wildman–Crippen LogP) is 16.1. The number of sulfone groups is 1. The fourth-order valence-corrected chi connectivity index (χ4v) is 26.8. The minimum atomic E-state index is -3.13. The molecular formula is C87H88F4N12O8S6. The highest BCUT2D eigenvalue weighted by Crippen LogP contribution is 2.61. The van der Waals surface area contributed by atoms with Crippen molar-refractivity contribution in [2.45, 2.75) is 169 Å². The van der Waals surface area contributed by atoms with Gasteiger partial charge in [0.05, 0.1) is 45.3 Å². The van der Waals surface area contributed by atoms with Gasteiger partial charge in [-0.3, -0.25) is 38.9 Å². The summed E-state index contributed by atoms with van der Waals surface area (Å²) >= 11 is 7.77. The molecule has 4 aromatic heterocycles. The maximum atomic E-state index is 14.9. The molecule has 4 aromatic carbocycles. The van der Waals surface area contributed by atoms with Crippen molar-refractivity contribution in [2.24, 2.45) is 60.7 Å². The zero-order chi connectivity index (χ0) is 84.0. The number of nitrogens with one attached hydrogen (secondary N) is 2. The van der Waals surface area contributed by atoms with Gasteiger partial charge in [0, 0.05) is 77.1 Å². The van der Waals surface area contributed by atoms with E-state index in [2.05, 4.69) is 120 Å². The van der Waals surface area contributed by atoms with Crippen molar-refractivity contribution in [3.05, 3.63) is 211 Å². The number of Topliss-reactive ketones (excluding diaryl/α,β-unsaturated/α-hetero) is 3. The third kappa shape index (κ3) is 19.0. The second-order valence-corrected chi connectivity index (χ2v) is 40.6. The molecule has 8 aromatic rings. The molecule has 3 aliphatic carbocycles. The quantitative estimate of drug-likeness (QED) is 0.0461. The number of halogens is 4. The maximum Gasteiger partial charge on any atom is 0.283 e. The van der Waals surface area contributed by atoms with E-state index in [0.29, 0.717) is 58.7 Å². The molecule has 117 heavy (non-hydrogen) atoms. The third-order valence-electron chi connectivity index (χ3n) is 22.5. The molecule has 8 aliphatic rings. The highest BCUT2D eigenvalue weighted by Gasteiger charge is 2.59. The number of hydrogen-bond acceptors (Lipinski definition) is 23.